The van der Waals surface area contributed by atoms with Crippen molar-refractivity contribution < 1.29 is 14.2 Å². The standard InChI is InChI=1S/C14H26BrNO3/c1-17-6-7-19-9-8-18-5-4-16-13-2-3-14(16)11-12(15)10-13/h12-14H,2-11H2,1H3. The van der Waals surface area contributed by atoms with Crippen LogP contribution in [-0.2, 0) is 14.2 Å². The molecule has 2 bridgehead atoms. The summed E-state index contributed by atoms with van der Waals surface area (Å²) in [6.07, 6.45) is 5.34. The Kier molecular flexibility index (Phi) is 7.09. The van der Waals surface area contributed by atoms with E-state index in [0.29, 0.717) is 26.4 Å². The van der Waals surface area contributed by atoms with Crippen LogP contribution >= 0.6 is 15.9 Å². The Balaban J connectivity index is 1.50. The number of halogens is 1. The summed E-state index contributed by atoms with van der Waals surface area (Å²) in [6, 6.07) is 1.56. The monoisotopic (exact) mass is 335 g/mol. The molecule has 2 fully saturated rings. The van der Waals surface area contributed by atoms with Gasteiger partial charge in [-0.1, -0.05) is 15.9 Å². The summed E-state index contributed by atoms with van der Waals surface area (Å²) in [5.74, 6) is 0. The van der Waals surface area contributed by atoms with E-state index in [1.807, 2.05) is 0 Å². The maximum Gasteiger partial charge on any atom is 0.0701 e. The maximum absolute atomic E-state index is 5.65. The molecule has 2 aliphatic heterocycles. The maximum atomic E-state index is 5.65. The van der Waals surface area contributed by atoms with E-state index >= 15 is 0 Å². The van der Waals surface area contributed by atoms with Crippen LogP contribution in [0, 0.1) is 0 Å². The zero-order valence-corrected chi connectivity index (χ0v) is 13.4. The SMILES string of the molecule is COCCOCCOCCN1C2CCC1CC(Br)C2. The largest absolute Gasteiger partial charge is 0.382 e. The van der Waals surface area contributed by atoms with Crippen LogP contribution in [0.2, 0.25) is 0 Å². The lowest BCUT2D eigenvalue weighted by Crippen LogP contribution is -2.44. The Hall–Kier alpha value is 0.320. The molecule has 0 aromatic heterocycles. The molecule has 4 nitrogen and oxygen atoms in total. The van der Waals surface area contributed by atoms with Crippen LogP contribution in [0.15, 0.2) is 0 Å². The first-order chi connectivity index (χ1) is 9.31. The Morgan fingerprint density at radius 1 is 0.947 bits per heavy atom. The van der Waals surface area contributed by atoms with Crippen molar-refractivity contribution in [3.63, 3.8) is 0 Å². The molecule has 2 unspecified atom stereocenters. The Morgan fingerprint density at radius 2 is 1.53 bits per heavy atom. The van der Waals surface area contributed by atoms with Crippen molar-refractivity contribution in [2.75, 3.05) is 46.7 Å². The van der Waals surface area contributed by atoms with Gasteiger partial charge in [0.05, 0.1) is 33.0 Å². The second-order valence-corrected chi connectivity index (χ2v) is 6.70. The highest BCUT2D eigenvalue weighted by Gasteiger charge is 2.39. The minimum Gasteiger partial charge on any atom is -0.382 e. The second kappa shape index (κ2) is 8.57. The number of nitrogens with zero attached hydrogens (tertiary/aromatic N) is 1. The number of ether oxygens (including phenoxy) is 3. The minimum atomic E-state index is 0.656. The molecule has 0 aliphatic carbocycles. The molecule has 0 aromatic carbocycles. The van der Waals surface area contributed by atoms with Gasteiger partial charge in [0.25, 0.3) is 0 Å². The summed E-state index contributed by atoms with van der Waals surface area (Å²) in [7, 11) is 1.68. The van der Waals surface area contributed by atoms with Crippen molar-refractivity contribution in [3.05, 3.63) is 0 Å². The summed E-state index contributed by atoms with van der Waals surface area (Å²) >= 11 is 3.77. The average molecular weight is 336 g/mol. The van der Waals surface area contributed by atoms with Crippen LogP contribution in [0.25, 0.3) is 0 Å². The fraction of sp³-hybridized carbons (Fsp3) is 1.00. The summed E-state index contributed by atoms with van der Waals surface area (Å²) in [5.41, 5.74) is 0. The quantitative estimate of drug-likeness (QED) is 0.476. The first-order valence-corrected chi connectivity index (χ1v) is 8.27. The Morgan fingerprint density at radius 3 is 2.16 bits per heavy atom. The van der Waals surface area contributed by atoms with Crippen LogP contribution in [0.5, 0.6) is 0 Å². The van der Waals surface area contributed by atoms with Gasteiger partial charge in [-0.2, -0.15) is 0 Å². The van der Waals surface area contributed by atoms with Gasteiger partial charge in [0.1, 0.15) is 0 Å². The van der Waals surface area contributed by atoms with Gasteiger partial charge in [0, 0.05) is 30.6 Å². The predicted octanol–water partition coefficient (Wildman–Crippen LogP) is 2.06. The molecule has 2 aliphatic rings. The van der Waals surface area contributed by atoms with Gasteiger partial charge >= 0.3 is 0 Å². The highest BCUT2D eigenvalue weighted by molar-refractivity contribution is 9.09. The summed E-state index contributed by atoms with van der Waals surface area (Å²) in [6.45, 7) is 4.57. The van der Waals surface area contributed by atoms with E-state index < -0.39 is 0 Å². The molecular weight excluding hydrogens is 310 g/mol. The van der Waals surface area contributed by atoms with E-state index in [4.69, 9.17) is 14.2 Å². The third-order valence-electron chi connectivity index (χ3n) is 4.12. The smallest absolute Gasteiger partial charge is 0.0701 e. The van der Waals surface area contributed by atoms with Gasteiger partial charge in [-0.3, -0.25) is 4.90 Å². The van der Waals surface area contributed by atoms with Gasteiger partial charge in [0.2, 0.25) is 0 Å². The number of piperidine rings is 1. The zero-order valence-electron chi connectivity index (χ0n) is 11.9. The lowest BCUT2D eigenvalue weighted by molar-refractivity contribution is 0.0130. The van der Waals surface area contributed by atoms with Crippen LogP contribution in [0.1, 0.15) is 25.7 Å². The molecular formula is C14H26BrNO3. The van der Waals surface area contributed by atoms with Crippen molar-refractivity contribution in [2.24, 2.45) is 0 Å². The topological polar surface area (TPSA) is 30.9 Å². The van der Waals surface area contributed by atoms with Crippen molar-refractivity contribution in [2.45, 2.75) is 42.6 Å². The third kappa shape index (κ3) is 4.97. The van der Waals surface area contributed by atoms with Gasteiger partial charge in [-0.05, 0) is 25.7 Å². The van der Waals surface area contributed by atoms with E-state index in [-0.39, 0.29) is 0 Å². The lowest BCUT2D eigenvalue weighted by atomic mass is 10.0. The first kappa shape index (κ1) is 15.7. The molecule has 112 valence electrons. The van der Waals surface area contributed by atoms with Gasteiger partial charge in [-0.25, -0.2) is 0 Å². The molecule has 0 amide bonds. The number of hydrogen-bond donors (Lipinski definition) is 0. The molecule has 19 heavy (non-hydrogen) atoms. The molecule has 0 saturated carbocycles. The van der Waals surface area contributed by atoms with E-state index in [1.54, 1.807) is 7.11 Å². The molecule has 2 rings (SSSR count). The van der Waals surface area contributed by atoms with Crippen LogP contribution < -0.4 is 0 Å². The predicted molar refractivity (Wildman–Crippen MR) is 79.0 cm³/mol. The van der Waals surface area contributed by atoms with Crippen molar-refractivity contribution in [1.29, 1.82) is 0 Å². The van der Waals surface area contributed by atoms with Crippen LogP contribution in [0.3, 0.4) is 0 Å². The molecule has 2 heterocycles. The van der Waals surface area contributed by atoms with E-state index in [2.05, 4.69) is 20.8 Å². The van der Waals surface area contributed by atoms with E-state index in [0.717, 1.165) is 30.1 Å². The molecule has 0 radical (unpaired) electrons. The van der Waals surface area contributed by atoms with Crippen LogP contribution in [0.4, 0.5) is 0 Å². The molecule has 5 heteroatoms. The fourth-order valence-corrected chi connectivity index (χ4v) is 4.07. The number of fused-ring (bicyclic) bond motifs is 2. The number of hydrogen-bond acceptors (Lipinski definition) is 4. The van der Waals surface area contributed by atoms with Crippen LogP contribution in [-0.4, -0.2) is 68.5 Å². The lowest BCUT2D eigenvalue weighted by Gasteiger charge is -2.37. The highest BCUT2D eigenvalue weighted by Crippen LogP contribution is 2.37. The molecule has 0 spiro atoms. The highest BCUT2D eigenvalue weighted by atomic mass is 79.9. The summed E-state index contributed by atoms with van der Waals surface area (Å²) in [4.78, 5) is 3.39. The molecule has 2 atom stereocenters. The normalized spacial score (nSPS) is 30.9. The fourth-order valence-electron chi connectivity index (χ4n) is 3.21. The van der Waals surface area contributed by atoms with E-state index in [9.17, 15) is 0 Å². The Bertz CT molecular complexity index is 241. The molecule has 2 saturated heterocycles. The zero-order chi connectivity index (χ0) is 13.5. The van der Waals surface area contributed by atoms with Gasteiger partial charge in [0.15, 0.2) is 0 Å². The Labute approximate surface area is 124 Å². The minimum absolute atomic E-state index is 0.656. The van der Waals surface area contributed by atoms with Crippen molar-refractivity contribution in [1.82, 2.24) is 4.90 Å². The average Bonchev–Trinajstić information content (AvgIpc) is 2.64. The van der Waals surface area contributed by atoms with Gasteiger partial charge < -0.3 is 14.2 Å². The number of methoxy groups -OCH3 is 1. The summed E-state index contributed by atoms with van der Waals surface area (Å²) < 4.78 is 15.9. The first-order valence-electron chi connectivity index (χ1n) is 7.35. The molecule has 0 aromatic rings. The van der Waals surface area contributed by atoms with Gasteiger partial charge in [-0.15, -0.1) is 0 Å². The third-order valence-corrected chi connectivity index (χ3v) is 4.87. The van der Waals surface area contributed by atoms with Crippen molar-refractivity contribution >= 4 is 15.9 Å². The van der Waals surface area contributed by atoms with E-state index in [1.165, 1.54) is 25.7 Å². The second-order valence-electron chi connectivity index (χ2n) is 5.41. The number of rotatable bonds is 9. The summed E-state index contributed by atoms with van der Waals surface area (Å²) in [5, 5.41) is 0. The van der Waals surface area contributed by atoms with Crippen molar-refractivity contribution in [3.8, 4) is 0 Å². The molecule has 0 N–H and O–H groups in total. The number of alkyl halides is 1.